The number of benzene rings is 1. The number of aryl methyl sites for hydroxylation is 1. The van der Waals surface area contributed by atoms with Crippen LogP contribution in [0.15, 0.2) is 34.9 Å². The van der Waals surface area contributed by atoms with Gasteiger partial charge in [0.2, 0.25) is 0 Å². The van der Waals surface area contributed by atoms with Crippen molar-refractivity contribution >= 4 is 21.6 Å². The molecule has 0 N–H and O–H groups in total. The number of aromatic nitrogens is 2. The van der Waals surface area contributed by atoms with Crippen molar-refractivity contribution < 1.29 is 0 Å². The summed E-state index contributed by atoms with van der Waals surface area (Å²) in [5, 5.41) is 4.50. The molecule has 0 amide bonds. The summed E-state index contributed by atoms with van der Waals surface area (Å²) < 4.78 is 2.88. The first-order valence-corrected chi connectivity index (χ1v) is 7.08. The van der Waals surface area contributed by atoms with Gasteiger partial charge in [-0.15, -0.1) is 0 Å². The first-order valence-electron chi connectivity index (χ1n) is 6.28. The zero-order valence-corrected chi connectivity index (χ0v) is 12.0. The molecule has 0 aliphatic carbocycles. The molecule has 1 aliphatic rings. The molecule has 94 valence electrons. The average molecular weight is 306 g/mol. The molecule has 0 spiro atoms. The Balaban J connectivity index is 1.97. The van der Waals surface area contributed by atoms with Crippen molar-refractivity contribution in [1.29, 1.82) is 0 Å². The molecule has 1 aromatic carbocycles. The fraction of sp³-hybridized carbons (Fsp3) is 0.357. The van der Waals surface area contributed by atoms with Crippen molar-refractivity contribution in [2.24, 2.45) is 7.05 Å². The van der Waals surface area contributed by atoms with Crippen molar-refractivity contribution in [3.05, 3.63) is 34.9 Å². The second-order valence-corrected chi connectivity index (χ2v) is 5.60. The van der Waals surface area contributed by atoms with Crippen LogP contribution in [0.2, 0.25) is 0 Å². The lowest BCUT2D eigenvalue weighted by Crippen LogP contribution is -2.17. The highest BCUT2D eigenvalue weighted by molar-refractivity contribution is 9.10. The van der Waals surface area contributed by atoms with Crippen molar-refractivity contribution in [3.8, 4) is 11.3 Å². The number of hydrogen-bond donors (Lipinski definition) is 0. The molecule has 1 aliphatic heterocycles. The van der Waals surface area contributed by atoms with Crippen LogP contribution in [0.3, 0.4) is 0 Å². The summed E-state index contributed by atoms with van der Waals surface area (Å²) >= 11 is 3.56. The molecule has 1 saturated heterocycles. The highest BCUT2D eigenvalue weighted by atomic mass is 79.9. The van der Waals surface area contributed by atoms with Gasteiger partial charge in [-0.1, -0.05) is 12.1 Å². The minimum Gasteiger partial charge on any atom is -0.372 e. The lowest BCUT2D eigenvalue weighted by atomic mass is 10.1. The van der Waals surface area contributed by atoms with Crippen LogP contribution >= 0.6 is 15.9 Å². The van der Waals surface area contributed by atoms with E-state index in [1.54, 1.807) is 0 Å². The normalized spacial score (nSPS) is 15.3. The highest BCUT2D eigenvalue weighted by Crippen LogP contribution is 2.30. The summed E-state index contributed by atoms with van der Waals surface area (Å²) in [5.41, 5.74) is 3.49. The fourth-order valence-corrected chi connectivity index (χ4v) is 3.08. The summed E-state index contributed by atoms with van der Waals surface area (Å²) in [6.07, 6.45) is 4.59. The predicted molar refractivity (Wildman–Crippen MR) is 77.8 cm³/mol. The number of nitrogens with zero attached hydrogens (tertiary/aromatic N) is 3. The van der Waals surface area contributed by atoms with Gasteiger partial charge in [0.05, 0.1) is 4.47 Å². The Morgan fingerprint density at radius 1 is 1.22 bits per heavy atom. The molecular weight excluding hydrogens is 290 g/mol. The van der Waals surface area contributed by atoms with Crippen LogP contribution in [0, 0.1) is 0 Å². The average Bonchev–Trinajstić information content (AvgIpc) is 2.99. The number of rotatable bonds is 2. The fourth-order valence-electron chi connectivity index (χ4n) is 2.48. The van der Waals surface area contributed by atoms with Gasteiger partial charge in [0, 0.05) is 37.6 Å². The Morgan fingerprint density at radius 3 is 2.67 bits per heavy atom. The van der Waals surface area contributed by atoms with Crippen molar-refractivity contribution in [2.45, 2.75) is 12.8 Å². The first kappa shape index (κ1) is 11.8. The van der Waals surface area contributed by atoms with Crippen LogP contribution in [-0.2, 0) is 7.05 Å². The Bertz CT molecular complexity index is 556. The molecule has 4 heteroatoms. The van der Waals surface area contributed by atoms with Gasteiger partial charge in [0.15, 0.2) is 0 Å². The molecule has 0 bridgehead atoms. The lowest BCUT2D eigenvalue weighted by molar-refractivity contribution is 0.770. The standard InChI is InChI=1S/C14H16BrN3/c1-17-10-13(15)14(16-17)11-5-4-6-12(9-11)18-7-2-3-8-18/h4-6,9-10H,2-3,7-8H2,1H3. The van der Waals surface area contributed by atoms with E-state index in [4.69, 9.17) is 0 Å². The second kappa shape index (κ2) is 4.76. The molecule has 2 aromatic rings. The van der Waals surface area contributed by atoms with Crippen LogP contribution in [0.5, 0.6) is 0 Å². The molecule has 2 heterocycles. The topological polar surface area (TPSA) is 21.1 Å². The summed E-state index contributed by atoms with van der Waals surface area (Å²) in [6.45, 7) is 2.35. The van der Waals surface area contributed by atoms with Crippen molar-refractivity contribution in [3.63, 3.8) is 0 Å². The van der Waals surface area contributed by atoms with E-state index in [9.17, 15) is 0 Å². The number of hydrogen-bond acceptors (Lipinski definition) is 2. The van der Waals surface area contributed by atoms with E-state index in [1.807, 2.05) is 17.9 Å². The summed E-state index contributed by atoms with van der Waals surface area (Å²) in [5.74, 6) is 0. The molecule has 0 saturated carbocycles. The van der Waals surface area contributed by atoms with E-state index < -0.39 is 0 Å². The van der Waals surface area contributed by atoms with Crippen molar-refractivity contribution in [2.75, 3.05) is 18.0 Å². The van der Waals surface area contributed by atoms with Gasteiger partial charge in [-0.2, -0.15) is 5.10 Å². The molecule has 18 heavy (non-hydrogen) atoms. The van der Waals surface area contributed by atoms with Crippen LogP contribution in [-0.4, -0.2) is 22.9 Å². The van der Waals surface area contributed by atoms with Gasteiger partial charge < -0.3 is 4.90 Å². The zero-order valence-electron chi connectivity index (χ0n) is 10.4. The van der Waals surface area contributed by atoms with E-state index in [2.05, 4.69) is 50.2 Å². The van der Waals surface area contributed by atoms with Gasteiger partial charge in [0.25, 0.3) is 0 Å². The predicted octanol–water partition coefficient (Wildman–Crippen LogP) is 3.45. The molecule has 1 aromatic heterocycles. The van der Waals surface area contributed by atoms with Gasteiger partial charge in [0.1, 0.15) is 5.69 Å². The van der Waals surface area contributed by atoms with Gasteiger partial charge >= 0.3 is 0 Å². The van der Waals surface area contributed by atoms with E-state index in [1.165, 1.54) is 37.2 Å². The van der Waals surface area contributed by atoms with E-state index in [0.29, 0.717) is 0 Å². The number of halogens is 1. The SMILES string of the molecule is Cn1cc(Br)c(-c2cccc(N3CCCC3)c2)n1. The minimum absolute atomic E-state index is 1.01. The van der Waals surface area contributed by atoms with Crippen LogP contribution in [0.25, 0.3) is 11.3 Å². The van der Waals surface area contributed by atoms with Gasteiger partial charge in [-0.05, 0) is 40.9 Å². The molecule has 0 radical (unpaired) electrons. The van der Waals surface area contributed by atoms with Gasteiger partial charge in [-0.3, -0.25) is 4.68 Å². The van der Waals surface area contributed by atoms with Crippen LogP contribution in [0.1, 0.15) is 12.8 Å². The smallest absolute Gasteiger partial charge is 0.107 e. The monoisotopic (exact) mass is 305 g/mol. The van der Waals surface area contributed by atoms with Crippen LogP contribution in [0.4, 0.5) is 5.69 Å². The lowest BCUT2D eigenvalue weighted by Gasteiger charge is -2.18. The highest BCUT2D eigenvalue weighted by Gasteiger charge is 2.14. The maximum atomic E-state index is 4.50. The summed E-state index contributed by atoms with van der Waals surface area (Å²) in [4.78, 5) is 2.44. The second-order valence-electron chi connectivity index (χ2n) is 4.74. The van der Waals surface area contributed by atoms with Gasteiger partial charge in [-0.25, -0.2) is 0 Å². The third kappa shape index (κ3) is 2.17. The Labute approximate surface area is 116 Å². The maximum Gasteiger partial charge on any atom is 0.107 e. The Morgan fingerprint density at radius 2 is 2.00 bits per heavy atom. The number of anilines is 1. The summed E-state index contributed by atoms with van der Waals surface area (Å²) in [7, 11) is 1.94. The quantitative estimate of drug-likeness (QED) is 0.847. The van der Waals surface area contributed by atoms with E-state index in [0.717, 1.165) is 10.2 Å². The molecule has 1 fully saturated rings. The molecule has 0 unspecified atom stereocenters. The van der Waals surface area contributed by atoms with Crippen LogP contribution < -0.4 is 4.90 Å². The third-order valence-electron chi connectivity index (χ3n) is 3.37. The Kier molecular flexibility index (Phi) is 3.12. The molecular formula is C14H16BrN3. The van der Waals surface area contributed by atoms with E-state index in [-0.39, 0.29) is 0 Å². The third-order valence-corrected chi connectivity index (χ3v) is 3.96. The van der Waals surface area contributed by atoms with E-state index >= 15 is 0 Å². The zero-order chi connectivity index (χ0) is 12.5. The first-order chi connectivity index (χ1) is 8.74. The van der Waals surface area contributed by atoms with Crippen molar-refractivity contribution in [1.82, 2.24) is 9.78 Å². The molecule has 3 nitrogen and oxygen atoms in total. The Hall–Kier alpha value is -1.29. The molecule has 3 rings (SSSR count). The largest absolute Gasteiger partial charge is 0.372 e. The minimum atomic E-state index is 1.01. The summed E-state index contributed by atoms with van der Waals surface area (Å²) in [6, 6.07) is 8.65. The molecule has 0 atom stereocenters. The maximum absolute atomic E-state index is 4.50.